The fourth-order valence-electron chi connectivity index (χ4n) is 1.28. The second-order valence-corrected chi connectivity index (χ2v) is 4.02. The molecule has 0 fully saturated rings. The number of nitrogens with zero attached hydrogens (tertiary/aromatic N) is 1. The Bertz CT molecular complexity index is 171. The lowest BCUT2D eigenvalue weighted by molar-refractivity contribution is -0.120. The molecule has 0 aromatic rings. The van der Waals surface area contributed by atoms with Gasteiger partial charge in [0.05, 0.1) is 6.04 Å². The molecular weight excluding hydrogens is 178 g/mol. The number of nitrogens with one attached hydrogen (secondary N) is 1. The van der Waals surface area contributed by atoms with Gasteiger partial charge in [-0.3, -0.25) is 4.79 Å². The van der Waals surface area contributed by atoms with Crippen LogP contribution in [-0.4, -0.2) is 43.5 Å². The molecule has 0 aliphatic heterocycles. The van der Waals surface area contributed by atoms with Gasteiger partial charge in [0.2, 0.25) is 5.91 Å². The van der Waals surface area contributed by atoms with Crippen molar-refractivity contribution in [3.8, 4) is 0 Å². The average molecular weight is 201 g/mol. The molecule has 0 saturated heterocycles. The van der Waals surface area contributed by atoms with Crippen LogP contribution in [0.1, 0.15) is 26.7 Å². The quantitative estimate of drug-likeness (QED) is 0.618. The SMILES string of the molecule is CCC(NC(C)CCN(C)C)C(N)=O. The van der Waals surface area contributed by atoms with Crippen molar-refractivity contribution >= 4 is 5.91 Å². The maximum Gasteiger partial charge on any atom is 0.234 e. The van der Waals surface area contributed by atoms with E-state index in [1.54, 1.807) is 0 Å². The minimum atomic E-state index is -0.260. The number of rotatable bonds is 7. The molecule has 2 unspecified atom stereocenters. The first kappa shape index (κ1) is 13.4. The van der Waals surface area contributed by atoms with Crippen LogP contribution in [0.3, 0.4) is 0 Å². The summed E-state index contributed by atoms with van der Waals surface area (Å²) < 4.78 is 0. The third kappa shape index (κ3) is 5.94. The van der Waals surface area contributed by atoms with Gasteiger partial charge in [0, 0.05) is 6.04 Å². The van der Waals surface area contributed by atoms with Gasteiger partial charge in [-0.05, 0) is 40.4 Å². The second kappa shape index (κ2) is 6.79. The van der Waals surface area contributed by atoms with Gasteiger partial charge in [0.15, 0.2) is 0 Å². The number of hydrogen-bond donors (Lipinski definition) is 2. The fraction of sp³-hybridized carbons (Fsp3) is 0.900. The van der Waals surface area contributed by atoms with E-state index in [-0.39, 0.29) is 11.9 Å². The predicted molar refractivity (Wildman–Crippen MR) is 59.0 cm³/mol. The van der Waals surface area contributed by atoms with Gasteiger partial charge in [-0.15, -0.1) is 0 Å². The lowest BCUT2D eigenvalue weighted by Gasteiger charge is -2.21. The molecule has 0 aromatic carbocycles. The monoisotopic (exact) mass is 201 g/mol. The number of amides is 1. The topological polar surface area (TPSA) is 58.4 Å². The first-order chi connectivity index (χ1) is 6.47. The van der Waals surface area contributed by atoms with Gasteiger partial charge >= 0.3 is 0 Å². The van der Waals surface area contributed by atoms with Crippen LogP contribution in [0, 0.1) is 0 Å². The summed E-state index contributed by atoms with van der Waals surface area (Å²) in [4.78, 5) is 13.1. The molecule has 14 heavy (non-hydrogen) atoms. The smallest absolute Gasteiger partial charge is 0.234 e. The van der Waals surface area contributed by atoms with E-state index in [1.165, 1.54) is 0 Å². The second-order valence-electron chi connectivity index (χ2n) is 4.02. The molecule has 0 bridgehead atoms. The molecule has 0 aliphatic carbocycles. The first-order valence-electron chi connectivity index (χ1n) is 5.17. The van der Waals surface area contributed by atoms with E-state index in [9.17, 15) is 4.79 Å². The molecule has 0 radical (unpaired) electrons. The van der Waals surface area contributed by atoms with Crippen molar-refractivity contribution in [3.63, 3.8) is 0 Å². The van der Waals surface area contributed by atoms with E-state index in [2.05, 4.69) is 17.1 Å². The van der Waals surface area contributed by atoms with E-state index in [4.69, 9.17) is 5.73 Å². The fourth-order valence-corrected chi connectivity index (χ4v) is 1.28. The standard InChI is InChI=1S/C10H23N3O/c1-5-9(10(11)14)12-8(2)6-7-13(3)4/h8-9,12H,5-7H2,1-4H3,(H2,11,14). The Labute approximate surface area is 86.8 Å². The Kier molecular flexibility index (Phi) is 6.49. The maximum atomic E-state index is 11.0. The van der Waals surface area contributed by atoms with Crippen molar-refractivity contribution < 1.29 is 4.79 Å². The molecular formula is C10H23N3O. The minimum absolute atomic E-state index is 0.188. The summed E-state index contributed by atoms with van der Waals surface area (Å²) in [6.45, 7) is 5.06. The van der Waals surface area contributed by atoms with Gasteiger partial charge in [0.1, 0.15) is 0 Å². The largest absolute Gasteiger partial charge is 0.368 e. The Hall–Kier alpha value is -0.610. The van der Waals surface area contributed by atoms with Crippen LogP contribution >= 0.6 is 0 Å². The lowest BCUT2D eigenvalue weighted by Crippen LogP contribution is -2.45. The molecule has 3 N–H and O–H groups in total. The highest BCUT2D eigenvalue weighted by molar-refractivity contribution is 5.79. The molecule has 0 spiro atoms. The van der Waals surface area contributed by atoms with Crippen molar-refractivity contribution in [1.82, 2.24) is 10.2 Å². The number of nitrogens with two attached hydrogens (primary N) is 1. The van der Waals surface area contributed by atoms with Gasteiger partial charge in [-0.1, -0.05) is 6.92 Å². The summed E-state index contributed by atoms with van der Waals surface area (Å²) >= 11 is 0. The van der Waals surface area contributed by atoms with Crippen molar-refractivity contribution in [3.05, 3.63) is 0 Å². The van der Waals surface area contributed by atoms with Crippen LogP contribution in [0.5, 0.6) is 0 Å². The van der Waals surface area contributed by atoms with Crippen molar-refractivity contribution in [2.75, 3.05) is 20.6 Å². The van der Waals surface area contributed by atoms with E-state index in [0.29, 0.717) is 6.04 Å². The molecule has 1 amide bonds. The summed E-state index contributed by atoms with van der Waals surface area (Å²) in [6, 6.07) is 0.141. The normalized spacial score (nSPS) is 15.5. The van der Waals surface area contributed by atoms with E-state index >= 15 is 0 Å². The zero-order chi connectivity index (χ0) is 11.1. The van der Waals surface area contributed by atoms with Crippen LogP contribution in [0.4, 0.5) is 0 Å². The summed E-state index contributed by atoms with van der Waals surface area (Å²) in [7, 11) is 4.08. The average Bonchev–Trinajstić information content (AvgIpc) is 2.10. The lowest BCUT2D eigenvalue weighted by atomic mass is 10.1. The zero-order valence-electron chi connectivity index (χ0n) is 9.71. The van der Waals surface area contributed by atoms with Gasteiger partial charge < -0.3 is 16.0 Å². The number of carbonyl (C=O) groups is 1. The Morgan fingerprint density at radius 3 is 2.43 bits per heavy atom. The maximum absolute atomic E-state index is 11.0. The third-order valence-electron chi connectivity index (χ3n) is 2.25. The van der Waals surface area contributed by atoms with Crippen molar-refractivity contribution in [2.45, 2.75) is 38.8 Å². The number of hydrogen-bond acceptors (Lipinski definition) is 3. The third-order valence-corrected chi connectivity index (χ3v) is 2.25. The van der Waals surface area contributed by atoms with Crippen LogP contribution in [0.15, 0.2) is 0 Å². The Morgan fingerprint density at radius 1 is 1.50 bits per heavy atom. The summed E-state index contributed by atoms with van der Waals surface area (Å²) in [5, 5.41) is 3.22. The van der Waals surface area contributed by atoms with E-state index < -0.39 is 0 Å². The highest BCUT2D eigenvalue weighted by Crippen LogP contribution is 1.97. The van der Waals surface area contributed by atoms with Gasteiger partial charge in [0.25, 0.3) is 0 Å². The minimum Gasteiger partial charge on any atom is -0.368 e. The van der Waals surface area contributed by atoms with E-state index in [1.807, 2.05) is 21.0 Å². The van der Waals surface area contributed by atoms with Gasteiger partial charge in [-0.25, -0.2) is 0 Å². The predicted octanol–water partition coefficient (Wildman–Crippen LogP) is 0.180. The first-order valence-corrected chi connectivity index (χ1v) is 5.17. The molecule has 0 aliphatic rings. The zero-order valence-corrected chi connectivity index (χ0v) is 9.71. The molecule has 2 atom stereocenters. The molecule has 84 valence electrons. The van der Waals surface area contributed by atoms with Crippen LogP contribution < -0.4 is 11.1 Å². The molecule has 4 heteroatoms. The van der Waals surface area contributed by atoms with Crippen molar-refractivity contribution in [2.24, 2.45) is 5.73 Å². The van der Waals surface area contributed by atoms with E-state index in [0.717, 1.165) is 19.4 Å². The van der Waals surface area contributed by atoms with Crippen LogP contribution in [0.25, 0.3) is 0 Å². The van der Waals surface area contributed by atoms with Crippen molar-refractivity contribution in [1.29, 1.82) is 0 Å². The molecule has 0 heterocycles. The van der Waals surface area contributed by atoms with Crippen LogP contribution in [0.2, 0.25) is 0 Å². The molecule has 0 saturated carbocycles. The number of carbonyl (C=O) groups excluding carboxylic acids is 1. The summed E-state index contributed by atoms with van der Waals surface area (Å²) in [6.07, 6.45) is 1.78. The highest BCUT2D eigenvalue weighted by atomic mass is 16.1. The molecule has 0 rings (SSSR count). The molecule has 4 nitrogen and oxygen atoms in total. The summed E-state index contributed by atoms with van der Waals surface area (Å²) in [5.74, 6) is -0.260. The molecule has 0 aromatic heterocycles. The number of primary amides is 1. The van der Waals surface area contributed by atoms with Crippen LogP contribution in [-0.2, 0) is 4.79 Å². The Balaban J connectivity index is 3.79. The highest BCUT2D eigenvalue weighted by Gasteiger charge is 2.14. The van der Waals surface area contributed by atoms with Gasteiger partial charge in [-0.2, -0.15) is 0 Å². The Morgan fingerprint density at radius 2 is 2.07 bits per heavy atom. The summed E-state index contributed by atoms with van der Waals surface area (Å²) in [5.41, 5.74) is 5.24.